The van der Waals surface area contributed by atoms with Gasteiger partial charge in [0.2, 0.25) is 5.91 Å². The predicted molar refractivity (Wildman–Crippen MR) is 278 cm³/mol. The normalized spacial score (nSPS) is 13.5. The number of rotatable bonds is 50. The van der Waals surface area contributed by atoms with Gasteiger partial charge in [0, 0.05) is 6.42 Å². The molecule has 6 heteroatoms. The summed E-state index contributed by atoms with van der Waals surface area (Å²) in [5, 5.41) is 23.8. The van der Waals surface area contributed by atoms with E-state index >= 15 is 0 Å². The van der Waals surface area contributed by atoms with Crippen molar-refractivity contribution < 1.29 is 24.5 Å². The largest absolute Gasteiger partial charge is 0.462 e. The third-order valence-corrected chi connectivity index (χ3v) is 12.8. The zero-order valence-corrected chi connectivity index (χ0v) is 42.7. The van der Waals surface area contributed by atoms with Gasteiger partial charge in [0.1, 0.15) is 6.10 Å². The molecule has 0 aliphatic heterocycles. The van der Waals surface area contributed by atoms with Gasteiger partial charge in [-0.2, -0.15) is 0 Å². The molecule has 0 bridgehead atoms. The van der Waals surface area contributed by atoms with Crippen molar-refractivity contribution in [3.05, 3.63) is 48.6 Å². The maximum absolute atomic E-state index is 13.2. The average molecular weight is 898 g/mol. The lowest BCUT2D eigenvalue weighted by molar-refractivity contribution is -0.151. The first-order valence-electron chi connectivity index (χ1n) is 27.9. The Bertz CT molecular complexity index is 1100. The molecule has 0 fully saturated rings. The molecule has 64 heavy (non-hydrogen) atoms. The molecule has 0 saturated heterocycles. The van der Waals surface area contributed by atoms with E-state index in [1.165, 1.54) is 167 Å². The van der Waals surface area contributed by atoms with Crippen LogP contribution in [0.2, 0.25) is 0 Å². The molecule has 0 aromatic carbocycles. The van der Waals surface area contributed by atoms with Crippen LogP contribution in [-0.4, -0.2) is 46.9 Å². The Hall–Kier alpha value is -2.18. The summed E-state index contributed by atoms with van der Waals surface area (Å²) in [6.07, 6.45) is 63.1. The molecule has 0 spiro atoms. The number of carbonyl (C=O) groups is 2. The zero-order chi connectivity index (χ0) is 46.7. The van der Waals surface area contributed by atoms with E-state index in [4.69, 9.17) is 4.74 Å². The third kappa shape index (κ3) is 46.4. The number of ether oxygens (including phenoxy) is 1. The fraction of sp³-hybridized carbons (Fsp3) is 0.828. The number of nitrogens with one attached hydrogen (secondary N) is 1. The molecule has 0 rings (SSSR count). The molecule has 0 radical (unpaired) electrons. The van der Waals surface area contributed by atoms with Gasteiger partial charge in [0.05, 0.1) is 25.2 Å². The van der Waals surface area contributed by atoms with Crippen molar-refractivity contribution in [3.63, 3.8) is 0 Å². The highest BCUT2D eigenvalue weighted by molar-refractivity contribution is 5.77. The van der Waals surface area contributed by atoms with E-state index in [1.807, 2.05) is 0 Å². The molecule has 3 unspecified atom stereocenters. The second kappa shape index (κ2) is 51.8. The smallest absolute Gasteiger partial charge is 0.306 e. The van der Waals surface area contributed by atoms with Crippen molar-refractivity contribution in [1.29, 1.82) is 0 Å². The number of amides is 1. The second-order valence-corrected chi connectivity index (χ2v) is 19.1. The number of esters is 1. The first-order valence-corrected chi connectivity index (χ1v) is 27.9. The highest BCUT2D eigenvalue weighted by Crippen LogP contribution is 2.18. The van der Waals surface area contributed by atoms with E-state index < -0.39 is 18.2 Å². The lowest BCUT2D eigenvalue weighted by Crippen LogP contribution is -2.46. The monoisotopic (exact) mass is 898 g/mol. The van der Waals surface area contributed by atoms with E-state index in [-0.39, 0.29) is 24.9 Å². The average Bonchev–Trinajstić information content (AvgIpc) is 3.29. The van der Waals surface area contributed by atoms with Gasteiger partial charge in [0.15, 0.2) is 0 Å². The number of aliphatic hydroxyl groups is 2. The Labute approximate surface area is 397 Å². The van der Waals surface area contributed by atoms with Crippen molar-refractivity contribution in [2.75, 3.05) is 6.61 Å². The fourth-order valence-electron chi connectivity index (χ4n) is 8.50. The minimum Gasteiger partial charge on any atom is -0.462 e. The van der Waals surface area contributed by atoms with Crippen LogP contribution in [-0.2, 0) is 14.3 Å². The predicted octanol–water partition coefficient (Wildman–Crippen LogP) is 17.0. The molecule has 0 aliphatic rings. The molecule has 0 aromatic rings. The molecule has 0 aromatic heterocycles. The van der Waals surface area contributed by atoms with Gasteiger partial charge in [0.25, 0.3) is 0 Å². The molecule has 0 aliphatic carbocycles. The molecule has 6 nitrogen and oxygen atoms in total. The van der Waals surface area contributed by atoms with Gasteiger partial charge < -0.3 is 20.3 Å². The van der Waals surface area contributed by atoms with Crippen LogP contribution < -0.4 is 5.32 Å². The summed E-state index contributed by atoms with van der Waals surface area (Å²) in [5.74, 6) is -0.489. The van der Waals surface area contributed by atoms with E-state index in [0.717, 1.165) is 70.6 Å². The number of aliphatic hydroxyl groups excluding tert-OH is 2. The molecular formula is C58H107NO5. The van der Waals surface area contributed by atoms with Crippen LogP contribution in [0, 0.1) is 0 Å². The lowest BCUT2D eigenvalue weighted by Gasteiger charge is -2.24. The van der Waals surface area contributed by atoms with Crippen LogP contribution in [0.4, 0.5) is 0 Å². The standard InChI is InChI=1S/C58H107NO5/c1-4-7-10-13-16-19-22-25-27-28-29-31-33-36-39-42-45-48-51-58(63)64-54(49-46-43-40-37-34-24-21-18-15-12-9-6-3)52-57(62)59-55(53-60)56(61)50-47-44-41-38-35-32-30-26-23-20-17-14-11-8-5-2/h16,19,22,25,27-29,31,54-56,60-61H,4-15,17-18,20-21,23-24,26,30,32-53H2,1-3H3,(H,59,62)/b19-16+,25-22+,28-27+,31-29+. The second-order valence-electron chi connectivity index (χ2n) is 19.1. The maximum Gasteiger partial charge on any atom is 0.306 e. The van der Waals surface area contributed by atoms with Crippen molar-refractivity contribution in [1.82, 2.24) is 5.32 Å². The molecule has 374 valence electrons. The van der Waals surface area contributed by atoms with Gasteiger partial charge in [-0.3, -0.25) is 9.59 Å². The Morgan fingerprint density at radius 2 is 0.797 bits per heavy atom. The van der Waals surface area contributed by atoms with Gasteiger partial charge >= 0.3 is 5.97 Å². The Morgan fingerprint density at radius 3 is 1.23 bits per heavy atom. The number of unbranched alkanes of at least 4 members (excludes halogenated alkanes) is 33. The van der Waals surface area contributed by atoms with Crippen LogP contribution in [0.1, 0.15) is 284 Å². The van der Waals surface area contributed by atoms with Crippen molar-refractivity contribution in [2.45, 2.75) is 302 Å². The maximum atomic E-state index is 13.2. The van der Waals surface area contributed by atoms with Crippen LogP contribution in [0.25, 0.3) is 0 Å². The van der Waals surface area contributed by atoms with Crippen LogP contribution >= 0.6 is 0 Å². The summed E-state index contributed by atoms with van der Waals surface area (Å²) in [7, 11) is 0. The first kappa shape index (κ1) is 61.8. The molecule has 3 atom stereocenters. The summed E-state index contributed by atoms with van der Waals surface area (Å²) in [6, 6.07) is -0.705. The van der Waals surface area contributed by atoms with E-state index in [9.17, 15) is 19.8 Å². The Balaban J connectivity index is 4.55. The first-order chi connectivity index (χ1) is 31.5. The van der Waals surface area contributed by atoms with Gasteiger partial charge in [-0.05, 0) is 51.4 Å². The minimum atomic E-state index is -0.791. The van der Waals surface area contributed by atoms with Crippen molar-refractivity contribution in [2.24, 2.45) is 0 Å². The summed E-state index contributed by atoms with van der Waals surface area (Å²) < 4.78 is 5.94. The molecule has 0 saturated carbocycles. The van der Waals surface area contributed by atoms with Gasteiger partial charge in [-0.15, -0.1) is 0 Å². The molecular weight excluding hydrogens is 791 g/mol. The van der Waals surface area contributed by atoms with Crippen LogP contribution in [0.15, 0.2) is 48.6 Å². The summed E-state index contributed by atoms with van der Waals surface area (Å²) in [6.45, 7) is 6.46. The highest BCUT2D eigenvalue weighted by Gasteiger charge is 2.24. The van der Waals surface area contributed by atoms with E-state index in [2.05, 4.69) is 74.7 Å². The van der Waals surface area contributed by atoms with Crippen molar-refractivity contribution >= 4 is 11.9 Å². The molecule has 3 N–H and O–H groups in total. The quantitative estimate of drug-likeness (QED) is 0.0321. The summed E-state index contributed by atoms with van der Waals surface area (Å²) in [4.78, 5) is 26.2. The summed E-state index contributed by atoms with van der Waals surface area (Å²) >= 11 is 0. The number of hydrogen-bond acceptors (Lipinski definition) is 5. The van der Waals surface area contributed by atoms with E-state index in [0.29, 0.717) is 19.3 Å². The fourth-order valence-corrected chi connectivity index (χ4v) is 8.50. The number of allylic oxidation sites excluding steroid dienone is 8. The minimum absolute atomic E-state index is 0.0706. The third-order valence-electron chi connectivity index (χ3n) is 12.8. The Morgan fingerprint density at radius 1 is 0.453 bits per heavy atom. The van der Waals surface area contributed by atoms with Gasteiger partial charge in [-0.25, -0.2) is 0 Å². The van der Waals surface area contributed by atoms with Crippen LogP contribution in [0.5, 0.6) is 0 Å². The van der Waals surface area contributed by atoms with Gasteiger partial charge in [-0.1, -0.05) is 268 Å². The molecule has 1 amide bonds. The zero-order valence-electron chi connectivity index (χ0n) is 42.7. The van der Waals surface area contributed by atoms with Crippen molar-refractivity contribution in [3.8, 4) is 0 Å². The topological polar surface area (TPSA) is 95.9 Å². The van der Waals surface area contributed by atoms with Crippen LogP contribution in [0.3, 0.4) is 0 Å². The highest BCUT2D eigenvalue weighted by atomic mass is 16.5. The lowest BCUT2D eigenvalue weighted by atomic mass is 10.0. The summed E-state index contributed by atoms with van der Waals surface area (Å²) in [5.41, 5.74) is 0. The number of carbonyl (C=O) groups excluding carboxylic acids is 2. The Kier molecular flexibility index (Phi) is 50.0. The molecule has 0 heterocycles. The number of hydrogen-bond donors (Lipinski definition) is 3. The van der Waals surface area contributed by atoms with E-state index in [1.54, 1.807) is 0 Å². The SMILES string of the molecule is CCCCC/C=C/C=C/C=C/C=C/CCCCCCCC(=O)OC(CCCCCCCCCCCCCC)CC(=O)NC(CO)C(O)CCCCCCCCCCCCCCCCC.